The number of nitrogens with zero attached hydrogens (tertiary/aromatic N) is 1. The first-order chi connectivity index (χ1) is 9.99. The maximum atomic E-state index is 13.6. The first-order valence-electron chi connectivity index (χ1n) is 5.96. The van der Waals surface area contributed by atoms with Gasteiger partial charge < -0.3 is 10.4 Å². The third kappa shape index (κ3) is 3.54. The van der Waals surface area contributed by atoms with Gasteiger partial charge in [0.2, 0.25) is 0 Å². The molecule has 0 radical (unpaired) electrons. The molecule has 1 aromatic heterocycles. The number of anilines is 1. The number of carboxylic acids is 1. The largest absolute Gasteiger partial charge is 0.478 e. The number of carbonyl (C=O) groups is 1. The van der Waals surface area contributed by atoms with Gasteiger partial charge in [-0.2, -0.15) is 0 Å². The summed E-state index contributed by atoms with van der Waals surface area (Å²) in [6.07, 6.45) is 0.636. The highest BCUT2D eigenvalue weighted by Crippen LogP contribution is 2.28. The van der Waals surface area contributed by atoms with Crippen LogP contribution in [-0.2, 0) is 6.42 Å². The Morgan fingerprint density at radius 2 is 2.24 bits per heavy atom. The number of nitro benzene ring substituents is 1. The second-order valence-corrected chi connectivity index (χ2v) is 5.20. The number of hydrogen-bond acceptors (Lipinski definition) is 5. The number of nitrogens with one attached hydrogen (secondary N) is 1. The van der Waals surface area contributed by atoms with Crippen molar-refractivity contribution in [3.8, 4) is 0 Å². The number of nitro groups is 1. The minimum atomic E-state index is -1.54. The van der Waals surface area contributed by atoms with Gasteiger partial charge in [0.25, 0.3) is 5.69 Å². The monoisotopic (exact) mass is 310 g/mol. The van der Waals surface area contributed by atoms with E-state index in [1.165, 1.54) is 0 Å². The molecule has 0 amide bonds. The van der Waals surface area contributed by atoms with Crippen LogP contribution in [-0.4, -0.2) is 22.5 Å². The number of benzene rings is 1. The molecule has 1 aromatic carbocycles. The molecule has 0 aliphatic carbocycles. The molecule has 1 heterocycles. The predicted octanol–water partition coefficient (Wildman–Crippen LogP) is 3.15. The third-order valence-electron chi connectivity index (χ3n) is 2.78. The summed E-state index contributed by atoms with van der Waals surface area (Å²) in [5.74, 6) is -2.55. The van der Waals surface area contributed by atoms with E-state index >= 15 is 0 Å². The van der Waals surface area contributed by atoms with Gasteiger partial charge in [-0.15, -0.1) is 11.3 Å². The minimum absolute atomic E-state index is 0.0287. The Morgan fingerprint density at radius 3 is 2.81 bits per heavy atom. The SMILES string of the molecule is O=C(O)c1cc([N+](=O)[O-])c(NCCc2cccs2)cc1F. The van der Waals surface area contributed by atoms with Crippen molar-refractivity contribution in [2.24, 2.45) is 0 Å². The lowest BCUT2D eigenvalue weighted by molar-refractivity contribution is -0.384. The van der Waals surface area contributed by atoms with Gasteiger partial charge in [-0.1, -0.05) is 6.07 Å². The van der Waals surface area contributed by atoms with E-state index in [-0.39, 0.29) is 5.69 Å². The van der Waals surface area contributed by atoms with Crippen molar-refractivity contribution in [2.75, 3.05) is 11.9 Å². The Hall–Kier alpha value is -2.48. The first-order valence-corrected chi connectivity index (χ1v) is 6.84. The summed E-state index contributed by atoms with van der Waals surface area (Å²) in [6.45, 7) is 0.382. The summed E-state index contributed by atoms with van der Waals surface area (Å²) in [4.78, 5) is 22.1. The second kappa shape index (κ2) is 6.31. The van der Waals surface area contributed by atoms with E-state index in [2.05, 4.69) is 5.32 Å². The molecule has 0 aliphatic rings. The molecule has 0 saturated heterocycles. The van der Waals surface area contributed by atoms with Gasteiger partial charge in [0.05, 0.1) is 4.92 Å². The number of rotatable bonds is 6. The molecule has 0 fully saturated rings. The van der Waals surface area contributed by atoms with Crippen molar-refractivity contribution >= 4 is 28.7 Å². The van der Waals surface area contributed by atoms with Gasteiger partial charge in [0.1, 0.15) is 17.1 Å². The number of thiophene rings is 1. The molecule has 2 rings (SSSR count). The lowest BCUT2D eigenvalue weighted by Crippen LogP contribution is -2.09. The fraction of sp³-hybridized carbons (Fsp3) is 0.154. The average molecular weight is 310 g/mol. The molecule has 2 aromatic rings. The molecule has 0 bridgehead atoms. The van der Waals surface area contributed by atoms with Crippen LogP contribution in [0.15, 0.2) is 29.6 Å². The fourth-order valence-electron chi connectivity index (χ4n) is 1.79. The summed E-state index contributed by atoms with van der Waals surface area (Å²) in [7, 11) is 0. The molecule has 6 nitrogen and oxygen atoms in total. The summed E-state index contributed by atoms with van der Waals surface area (Å²) < 4.78 is 13.6. The van der Waals surface area contributed by atoms with E-state index in [4.69, 9.17) is 5.11 Å². The summed E-state index contributed by atoms with van der Waals surface area (Å²) in [6, 6.07) is 5.39. The van der Waals surface area contributed by atoms with Crippen LogP contribution in [0.1, 0.15) is 15.2 Å². The number of hydrogen-bond donors (Lipinski definition) is 2. The highest BCUT2D eigenvalue weighted by molar-refractivity contribution is 7.09. The Bertz CT molecular complexity index is 673. The van der Waals surface area contributed by atoms with E-state index in [1.807, 2.05) is 17.5 Å². The van der Waals surface area contributed by atoms with Gasteiger partial charge >= 0.3 is 5.97 Å². The topological polar surface area (TPSA) is 92.5 Å². The predicted molar refractivity (Wildman–Crippen MR) is 76.5 cm³/mol. The van der Waals surface area contributed by atoms with Crippen LogP contribution >= 0.6 is 11.3 Å². The average Bonchev–Trinajstić information content (AvgIpc) is 2.91. The van der Waals surface area contributed by atoms with E-state index in [9.17, 15) is 19.3 Å². The van der Waals surface area contributed by atoms with Crippen LogP contribution in [0.4, 0.5) is 15.8 Å². The van der Waals surface area contributed by atoms with Gasteiger partial charge in [-0.05, 0) is 17.9 Å². The molecular formula is C13H11FN2O4S. The van der Waals surface area contributed by atoms with Crippen molar-refractivity contribution in [1.82, 2.24) is 0 Å². The Labute approximate surface area is 123 Å². The zero-order valence-electron chi connectivity index (χ0n) is 10.7. The van der Waals surface area contributed by atoms with E-state index < -0.39 is 28.0 Å². The molecule has 0 atom stereocenters. The fourth-order valence-corrected chi connectivity index (χ4v) is 2.50. The highest BCUT2D eigenvalue weighted by Gasteiger charge is 2.21. The zero-order valence-corrected chi connectivity index (χ0v) is 11.5. The third-order valence-corrected chi connectivity index (χ3v) is 3.72. The number of carboxylic acid groups (broad SMARTS) is 1. The Kier molecular flexibility index (Phi) is 4.49. The molecule has 110 valence electrons. The standard InChI is InChI=1S/C13H11FN2O4S/c14-10-7-11(15-4-3-8-2-1-5-21-8)12(16(19)20)6-9(10)13(17)18/h1-2,5-7,15H,3-4H2,(H,17,18). The van der Waals surface area contributed by atoms with Crippen molar-refractivity contribution in [2.45, 2.75) is 6.42 Å². The van der Waals surface area contributed by atoms with Gasteiger partial charge in [-0.3, -0.25) is 10.1 Å². The lowest BCUT2D eigenvalue weighted by Gasteiger charge is -2.08. The van der Waals surface area contributed by atoms with Crippen molar-refractivity contribution < 1.29 is 19.2 Å². The quantitative estimate of drug-likeness (QED) is 0.631. The van der Waals surface area contributed by atoms with Crippen LogP contribution in [0.3, 0.4) is 0 Å². The van der Waals surface area contributed by atoms with Crippen LogP contribution in [0.25, 0.3) is 0 Å². The second-order valence-electron chi connectivity index (χ2n) is 4.17. The van der Waals surface area contributed by atoms with Crippen molar-refractivity contribution in [3.63, 3.8) is 0 Å². The van der Waals surface area contributed by atoms with E-state index in [1.54, 1.807) is 11.3 Å². The van der Waals surface area contributed by atoms with Gasteiger partial charge in [-0.25, -0.2) is 9.18 Å². The highest BCUT2D eigenvalue weighted by atomic mass is 32.1. The van der Waals surface area contributed by atoms with Crippen LogP contribution in [0, 0.1) is 15.9 Å². The smallest absolute Gasteiger partial charge is 0.338 e. The van der Waals surface area contributed by atoms with Gasteiger partial charge in [0, 0.05) is 23.6 Å². The van der Waals surface area contributed by atoms with Crippen molar-refractivity contribution in [3.05, 3.63) is 56.0 Å². The molecule has 21 heavy (non-hydrogen) atoms. The van der Waals surface area contributed by atoms with E-state index in [0.29, 0.717) is 13.0 Å². The Balaban J connectivity index is 2.19. The van der Waals surface area contributed by atoms with Crippen LogP contribution < -0.4 is 5.32 Å². The summed E-state index contributed by atoms with van der Waals surface area (Å²) in [5.41, 5.74) is -1.20. The van der Waals surface area contributed by atoms with E-state index in [0.717, 1.165) is 17.0 Å². The lowest BCUT2D eigenvalue weighted by atomic mass is 10.1. The maximum absolute atomic E-state index is 13.6. The molecule has 0 aliphatic heterocycles. The zero-order chi connectivity index (χ0) is 15.4. The molecule has 0 saturated carbocycles. The van der Waals surface area contributed by atoms with Gasteiger partial charge in [0.15, 0.2) is 0 Å². The minimum Gasteiger partial charge on any atom is -0.478 e. The van der Waals surface area contributed by atoms with Crippen molar-refractivity contribution in [1.29, 1.82) is 0 Å². The molecule has 8 heteroatoms. The molecule has 2 N–H and O–H groups in total. The van der Waals surface area contributed by atoms with Crippen LogP contribution in [0.5, 0.6) is 0 Å². The Morgan fingerprint density at radius 1 is 1.48 bits per heavy atom. The molecular weight excluding hydrogens is 299 g/mol. The summed E-state index contributed by atoms with van der Waals surface area (Å²) in [5, 5.41) is 24.4. The van der Waals surface area contributed by atoms with Crippen LogP contribution in [0.2, 0.25) is 0 Å². The first kappa shape index (κ1) is 14.9. The summed E-state index contributed by atoms with van der Waals surface area (Å²) >= 11 is 1.55. The maximum Gasteiger partial charge on any atom is 0.338 e. The molecule has 0 spiro atoms. The number of halogens is 1. The number of aromatic carboxylic acids is 1. The molecule has 0 unspecified atom stereocenters. The normalized spacial score (nSPS) is 10.3.